The van der Waals surface area contributed by atoms with E-state index < -0.39 is 0 Å². The van der Waals surface area contributed by atoms with Crippen LogP contribution in [0.3, 0.4) is 0 Å². The van der Waals surface area contributed by atoms with Crippen molar-refractivity contribution >= 4 is 16.9 Å². The summed E-state index contributed by atoms with van der Waals surface area (Å²) in [5.74, 6) is 1.24. The molecule has 3 rings (SSSR count). The van der Waals surface area contributed by atoms with Gasteiger partial charge >= 0.3 is 0 Å². The third-order valence-electron chi connectivity index (χ3n) is 5.61. The summed E-state index contributed by atoms with van der Waals surface area (Å²) in [5, 5.41) is 4.94. The van der Waals surface area contributed by atoms with Crippen LogP contribution in [-0.2, 0) is 0 Å². The normalized spacial score (nSPS) is 35.4. The van der Waals surface area contributed by atoms with Crippen molar-refractivity contribution in [3.63, 3.8) is 0 Å². The van der Waals surface area contributed by atoms with Crippen molar-refractivity contribution in [2.45, 2.75) is 65.0 Å². The number of nitrogens with zero attached hydrogens (tertiary/aromatic N) is 1. The minimum absolute atomic E-state index is 0.369. The highest BCUT2D eigenvalue weighted by molar-refractivity contribution is 8.14. The van der Waals surface area contributed by atoms with Gasteiger partial charge in [-0.15, -0.1) is 0 Å². The highest BCUT2D eigenvalue weighted by Gasteiger charge is 2.65. The maximum Gasteiger partial charge on any atom is 0.157 e. The zero-order chi connectivity index (χ0) is 12.3. The number of nitrogens with one attached hydrogen (secondary N) is 1. The second-order valence-electron chi connectivity index (χ2n) is 7.18. The molecule has 1 spiro atoms. The molecule has 0 amide bonds. The third-order valence-corrected chi connectivity index (χ3v) is 6.79. The van der Waals surface area contributed by atoms with E-state index in [4.69, 9.17) is 4.99 Å². The number of rotatable bonds is 1. The van der Waals surface area contributed by atoms with Crippen LogP contribution in [0.5, 0.6) is 0 Å². The Hall–Kier alpha value is -0.180. The van der Waals surface area contributed by atoms with E-state index in [0.717, 1.165) is 0 Å². The van der Waals surface area contributed by atoms with Gasteiger partial charge in [0.1, 0.15) is 0 Å². The van der Waals surface area contributed by atoms with E-state index in [1.165, 1.54) is 36.6 Å². The SMILES string of the molecule is CC1(C)C(N=C2NC3(CCCC3)CS2)C1(C)C. The fraction of sp³-hybridized carbons (Fsp3) is 0.929. The van der Waals surface area contributed by atoms with Crippen molar-refractivity contribution in [1.82, 2.24) is 5.32 Å². The minimum atomic E-state index is 0.369. The van der Waals surface area contributed by atoms with Gasteiger partial charge in [-0.3, -0.25) is 4.99 Å². The maximum absolute atomic E-state index is 4.98. The Morgan fingerprint density at radius 2 is 1.71 bits per heavy atom. The summed E-state index contributed by atoms with van der Waals surface area (Å²) in [7, 11) is 0. The van der Waals surface area contributed by atoms with Crippen molar-refractivity contribution in [3.05, 3.63) is 0 Å². The molecule has 0 unspecified atom stereocenters. The first kappa shape index (κ1) is 11.9. The summed E-state index contributed by atoms with van der Waals surface area (Å²) in [4.78, 5) is 4.98. The summed E-state index contributed by atoms with van der Waals surface area (Å²) in [6, 6.07) is 0.501. The van der Waals surface area contributed by atoms with E-state index in [1.54, 1.807) is 0 Å². The van der Waals surface area contributed by atoms with Crippen LogP contribution in [0.1, 0.15) is 53.4 Å². The molecule has 0 radical (unpaired) electrons. The molecular formula is C14H24N2S. The van der Waals surface area contributed by atoms with E-state index in [9.17, 15) is 0 Å². The molecule has 2 nitrogen and oxygen atoms in total. The predicted octanol–water partition coefficient (Wildman–Crippen LogP) is 3.43. The summed E-state index contributed by atoms with van der Waals surface area (Å²) < 4.78 is 0. The monoisotopic (exact) mass is 252 g/mol. The predicted molar refractivity (Wildman–Crippen MR) is 75.6 cm³/mol. The molecule has 2 aliphatic carbocycles. The number of thioether (sulfide) groups is 1. The average molecular weight is 252 g/mol. The number of hydrogen-bond acceptors (Lipinski definition) is 2. The largest absolute Gasteiger partial charge is 0.359 e. The zero-order valence-corrected chi connectivity index (χ0v) is 12.3. The lowest BCUT2D eigenvalue weighted by atomic mass is 10.0. The molecular weight excluding hydrogens is 228 g/mol. The second kappa shape index (κ2) is 3.43. The molecule has 1 heterocycles. The summed E-state index contributed by atoms with van der Waals surface area (Å²) in [5.41, 5.74) is 1.15. The molecule has 0 aromatic carbocycles. The van der Waals surface area contributed by atoms with E-state index in [-0.39, 0.29) is 0 Å². The second-order valence-corrected chi connectivity index (χ2v) is 8.15. The van der Waals surface area contributed by atoms with Gasteiger partial charge in [0.25, 0.3) is 0 Å². The zero-order valence-electron chi connectivity index (χ0n) is 11.5. The third kappa shape index (κ3) is 1.65. The molecule has 3 fully saturated rings. The molecule has 0 bridgehead atoms. The van der Waals surface area contributed by atoms with Gasteiger partial charge < -0.3 is 5.32 Å². The highest BCUT2D eigenvalue weighted by Crippen LogP contribution is 2.64. The smallest absolute Gasteiger partial charge is 0.157 e. The average Bonchev–Trinajstić information content (AvgIpc) is 2.77. The number of hydrogen-bond donors (Lipinski definition) is 1. The van der Waals surface area contributed by atoms with Crippen LogP contribution in [0.15, 0.2) is 4.99 Å². The summed E-state index contributed by atoms with van der Waals surface area (Å²) >= 11 is 1.95. The molecule has 96 valence electrons. The van der Waals surface area contributed by atoms with E-state index in [1.807, 2.05) is 11.8 Å². The van der Waals surface area contributed by atoms with Gasteiger partial charge in [0, 0.05) is 11.3 Å². The van der Waals surface area contributed by atoms with Gasteiger partial charge in [-0.2, -0.15) is 0 Å². The Morgan fingerprint density at radius 1 is 1.12 bits per heavy atom. The van der Waals surface area contributed by atoms with Crippen LogP contribution in [0.25, 0.3) is 0 Å². The topological polar surface area (TPSA) is 24.4 Å². The molecule has 0 atom stereocenters. The number of aliphatic imine (C=N–C) groups is 1. The van der Waals surface area contributed by atoms with E-state index in [2.05, 4.69) is 33.0 Å². The fourth-order valence-corrected chi connectivity index (χ4v) is 4.74. The van der Waals surface area contributed by atoms with Crippen LogP contribution in [-0.4, -0.2) is 22.5 Å². The Morgan fingerprint density at radius 3 is 2.24 bits per heavy atom. The maximum atomic E-state index is 4.98. The van der Waals surface area contributed by atoms with Crippen LogP contribution in [0.4, 0.5) is 0 Å². The van der Waals surface area contributed by atoms with Gasteiger partial charge in [-0.25, -0.2) is 0 Å². The first-order valence-corrected chi connectivity index (χ1v) is 7.85. The first-order chi connectivity index (χ1) is 7.87. The lowest BCUT2D eigenvalue weighted by Gasteiger charge is -2.21. The van der Waals surface area contributed by atoms with E-state index in [0.29, 0.717) is 22.4 Å². The van der Waals surface area contributed by atoms with Gasteiger partial charge in [0.05, 0.1) is 6.04 Å². The van der Waals surface area contributed by atoms with Crippen molar-refractivity contribution in [2.24, 2.45) is 15.8 Å². The minimum Gasteiger partial charge on any atom is -0.359 e. The quantitative estimate of drug-likeness (QED) is 0.773. The molecule has 17 heavy (non-hydrogen) atoms. The van der Waals surface area contributed by atoms with Crippen LogP contribution >= 0.6 is 11.8 Å². The fourth-order valence-electron chi connectivity index (χ4n) is 3.50. The summed E-state index contributed by atoms with van der Waals surface area (Å²) in [6.45, 7) is 9.36. The van der Waals surface area contributed by atoms with Crippen LogP contribution in [0, 0.1) is 10.8 Å². The molecule has 3 aliphatic rings. The van der Waals surface area contributed by atoms with Crippen LogP contribution in [0.2, 0.25) is 0 Å². The van der Waals surface area contributed by atoms with Crippen molar-refractivity contribution in [2.75, 3.05) is 5.75 Å². The molecule has 1 aliphatic heterocycles. The Labute approximate surface area is 109 Å². The summed E-state index contributed by atoms with van der Waals surface area (Å²) in [6.07, 6.45) is 5.47. The molecule has 2 saturated carbocycles. The molecule has 0 aromatic heterocycles. The number of amidine groups is 1. The lowest BCUT2D eigenvalue weighted by Crippen LogP contribution is -2.40. The molecule has 3 heteroatoms. The van der Waals surface area contributed by atoms with Gasteiger partial charge in [-0.05, 0) is 23.7 Å². The van der Waals surface area contributed by atoms with Gasteiger partial charge in [0.2, 0.25) is 0 Å². The van der Waals surface area contributed by atoms with Crippen molar-refractivity contribution < 1.29 is 0 Å². The highest BCUT2D eigenvalue weighted by atomic mass is 32.2. The Bertz CT molecular complexity index is 350. The lowest BCUT2D eigenvalue weighted by molar-refractivity contribution is 0.452. The van der Waals surface area contributed by atoms with E-state index >= 15 is 0 Å². The Balaban J connectivity index is 1.72. The molecule has 0 aromatic rings. The van der Waals surface area contributed by atoms with Crippen LogP contribution < -0.4 is 5.32 Å². The van der Waals surface area contributed by atoms with Crippen molar-refractivity contribution in [3.8, 4) is 0 Å². The van der Waals surface area contributed by atoms with Gasteiger partial charge in [0.15, 0.2) is 5.17 Å². The standard InChI is InChI=1S/C14H24N2S/c1-12(2)10(13(12,3)4)15-11-16-14(9-17-11)7-5-6-8-14/h10H,5-9H2,1-4H3,(H,15,16). The molecule has 1 saturated heterocycles. The van der Waals surface area contributed by atoms with Crippen molar-refractivity contribution in [1.29, 1.82) is 0 Å². The first-order valence-electron chi connectivity index (χ1n) is 6.86. The Kier molecular flexibility index (Phi) is 2.40. The van der Waals surface area contributed by atoms with Gasteiger partial charge in [-0.1, -0.05) is 52.3 Å². The molecule has 1 N–H and O–H groups in total.